The van der Waals surface area contributed by atoms with E-state index in [1.807, 2.05) is 60.8 Å². The lowest BCUT2D eigenvalue weighted by Gasteiger charge is -2.13. The summed E-state index contributed by atoms with van der Waals surface area (Å²) in [5, 5.41) is 9.03. The van der Waals surface area contributed by atoms with Crippen LogP contribution >= 0.6 is 0 Å². The number of pyridine rings is 1. The van der Waals surface area contributed by atoms with Crippen LogP contribution in [0.3, 0.4) is 0 Å². The van der Waals surface area contributed by atoms with E-state index in [0.29, 0.717) is 17.5 Å². The van der Waals surface area contributed by atoms with Gasteiger partial charge in [-0.15, -0.1) is 0 Å². The second-order valence-corrected chi connectivity index (χ2v) is 10.7. The minimum absolute atomic E-state index is 0.587. The van der Waals surface area contributed by atoms with E-state index in [0.717, 1.165) is 44.0 Å². The van der Waals surface area contributed by atoms with E-state index < -0.39 is 0 Å². The maximum atomic E-state index is 6.17. The second kappa shape index (κ2) is 9.29. The van der Waals surface area contributed by atoms with Crippen LogP contribution in [0, 0.1) is 0 Å². The highest BCUT2D eigenvalue weighted by Gasteiger charge is 2.19. The molecule has 0 N–H and O–H groups in total. The smallest absolute Gasteiger partial charge is 0.164 e. The predicted octanol–water partition coefficient (Wildman–Crippen LogP) is 9.63. The lowest BCUT2D eigenvalue weighted by Crippen LogP contribution is -2.01. The topological polar surface area (TPSA) is 64.7 Å². The van der Waals surface area contributed by atoms with Gasteiger partial charge in [0.1, 0.15) is 11.2 Å². The van der Waals surface area contributed by atoms with Gasteiger partial charge in [0.05, 0.1) is 0 Å². The normalized spacial score (nSPS) is 11.7. The monoisotopic (exact) mass is 550 g/mol. The van der Waals surface area contributed by atoms with E-state index in [1.54, 1.807) is 6.20 Å². The fourth-order valence-corrected chi connectivity index (χ4v) is 6.25. The van der Waals surface area contributed by atoms with Gasteiger partial charge < -0.3 is 4.42 Å². The summed E-state index contributed by atoms with van der Waals surface area (Å²) in [6.07, 6.45) is 3.58. The van der Waals surface area contributed by atoms with E-state index in [-0.39, 0.29) is 0 Å². The summed E-state index contributed by atoms with van der Waals surface area (Å²) in [6, 6.07) is 41.7. The van der Waals surface area contributed by atoms with Gasteiger partial charge in [0.15, 0.2) is 17.5 Å². The molecule has 0 saturated carbocycles. The third-order valence-electron chi connectivity index (χ3n) is 8.21. The second-order valence-electron chi connectivity index (χ2n) is 10.7. The molecule has 0 radical (unpaired) electrons. The first-order valence-electron chi connectivity index (χ1n) is 14.2. The number of aromatic nitrogens is 4. The summed E-state index contributed by atoms with van der Waals surface area (Å²) in [5.74, 6) is 1.83. The average Bonchev–Trinajstić information content (AvgIpc) is 3.47. The molecule has 0 fully saturated rings. The molecule has 0 aliphatic heterocycles. The molecular formula is C38H22N4O. The zero-order valence-corrected chi connectivity index (χ0v) is 22.9. The van der Waals surface area contributed by atoms with Gasteiger partial charge in [-0.3, -0.25) is 4.98 Å². The molecule has 5 heteroatoms. The molecule has 9 rings (SSSR count). The summed E-state index contributed by atoms with van der Waals surface area (Å²) in [6.45, 7) is 0. The third kappa shape index (κ3) is 3.72. The Kier molecular flexibility index (Phi) is 5.13. The highest BCUT2D eigenvalue weighted by atomic mass is 16.3. The summed E-state index contributed by atoms with van der Waals surface area (Å²) in [7, 11) is 0. The van der Waals surface area contributed by atoms with Crippen LogP contribution in [0.4, 0.5) is 0 Å². The minimum atomic E-state index is 0.587. The molecule has 0 spiro atoms. The summed E-state index contributed by atoms with van der Waals surface area (Å²) >= 11 is 0. The lowest BCUT2D eigenvalue weighted by molar-refractivity contribution is 0.668. The molecule has 3 aromatic heterocycles. The maximum absolute atomic E-state index is 6.17. The highest BCUT2D eigenvalue weighted by molar-refractivity contribution is 6.22. The SMILES string of the molecule is c1ccc(-c2nc(-c3cccc4c3ccc3ccc5ccccc5c34)nc(-c3cccc4oc5ccncc5c34)n2)cc1. The van der Waals surface area contributed by atoms with Crippen LogP contribution in [-0.4, -0.2) is 19.9 Å². The molecular weight excluding hydrogens is 528 g/mol. The van der Waals surface area contributed by atoms with E-state index in [9.17, 15) is 0 Å². The number of nitrogens with zero attached hydrogens (tertiary/aromatic N) is 4. The minimum Gasteiger partial charge on any atom is -0.456 e. The Morgan fingerprint density at radius 2 is 1.14 bits per heavy atom. The zero-order chi connectivity index (χ0) is 28.3. The van der Waals surface area contributed by atoms with Crippen LogP contribution in [0.2, 0.25) is 0 Å². The van der Waals surface area contributed by atoms with Crippen LogP contribution in [0.25, 0.3) is 88.4 Å². The first kappa shape index (κ1) is 23.7. The first-order valence-corrected chi connectivity index (χ1v) is 14.2. The van der Waals surface area contributed by atoms with Crippen LogP contribution in [0.5, 0.6) is 0 Å². The van der Waals surface area contributed by atoms with Crippen molar-refractivity contribution in [3.05, 3.63) is 134 Å². The molecule has 0 amide bonds. The molecule has 0 saturated heterocycles. The van der Waals surface area contributed by atoms with Gasteiger partial charge in [0.2, 0.25) is 0 Å². The van der Waals surface area contributed by atoms with Crippen molar-refractivity contribution in [1.29, 1.82) is 0 Å². The number of furan rings is 1. The van der Waals surface area contributed by atoms with Crippen LogP contribution < -0.4 is 0 Å². The number of fused-ring (bicyclic) bond motifs is 8. The van der Waals surface area contributed by atoms with E-state index in [4.69, 9.17) is 19.4 Å². The van der Waals surface area contributed by atoms with Gasteiger partial charge in [-0.25, -0.2) is 15.0 Å². The van der Waals surface area contributed by atoms with Gasteiger partial charge in [0.25, 0.3) is 0 Å². The maximum Gasteiger partial charge on any atom is 0.164 e. The van der Waals surface area contributed by atoms with Crippen molar-refractivity contribution in [2.45, 2.75) is 0 Å². The van der Waals surface area contributed by atoms with Crippen molar-refractivity contribution in [2.24, 2.45) is 0 Å². The van der Waals surface area contributed by atoms with Crippen molar-refractivity contribution >= 4 is 54.3 Å². The largest absolute Gasteiger partial charge is 0.456 e. The zero-order valence-electron chi connectivity index (χ0n) is 22.9. The van der Waals surface area contributed by atoms with E-state index >= 15 is 0 Å². The fourth-order valence-electron chi connectivity index (χ4n) is 6.25. The van der Waals surface area contributed by atoms with Gasteiger partial charge in [0, 0.05) is 39.9 Å². The standard InChI is InChI=1S/C38H22N4O/c1-2-9-25(10-3-1)36-40-37(42-38(41-36)30-14-7-15-33-35(30)31-22-39-21-20-32(31)43-33)29-13-6-12-28-27(29)19-18-24-17-16-23-8-4-5-11-26(23)34(24)28/h1-22H. The number of rotatable bonds is 3. The van der Waals surface area contributed by atoms with Gasteiger partial charge in [-0.05, 0) is 44.5 Å². The first-order chi connectivity index (χ1) is 21.3. The van der Waals surface area contributed by atoms with Crippen molar-refractivity contribution < 1.29 is 4.42 Å². The van der Waals surface area contributed by atoms with Crippen LogP contribution in [0.15, 0.2) is 138 Å². The molecule has 0 bridgehead atoms. The quantitative estimate of drug-likeness (QED) is 0.205. The Bertz CT molecular complexity index is 2520. The predicted molar refractivity (Wildman–Crippen MR) is 174 cm³/mol. The van der Waals surface area contributed by atoms with Crippen LogP contribution in [-0.2, 0) is 0 Å². The Labute approximate surface area is 246 Å². The number of benzene rings is 6. The van der Waals surface area contributed by atoms with Crippen molar-refractivity contribution in [2.75, 3.05) is 0 Å². The molecule has 200 valence electrons. The Hall–Kier alpha value is -5.94. The van der Waals surface area contributed by atoms with Crippen LogP contribution in [0.1, 0.15) is 0 Å². The van der Waals surface area contributed by atoms with E-state index in [1.165, 1.54) is 26.9 Å². The molecule has 0 aliphatic rings. The Morgan fingerprint density at radius 3 is 2.07 bits per heavy atom. The average molecular weight is 551 g/mol. The lowest BCUT2D eigenvalue weighted by atomic mass is 9.94. The Balaban J connectivity index is 1.35. The summed E-state index contributed by atoms with van der Waals surface area (Å²) < 4.78 is 6.17. The highest BCUT2D eigenvalue weighted by Crippen LogP contribution is 2.38. The fraction of sp³-hybridized carbons (Fsp3) is 0. The van der Waals surface area contributed by atoms with E-state index in [2.05, 4.69) is 71.7 Å². The molecule has 3 heterocycles. The van der Waals surface area contributed by atoms with Gasteiger partial charge >= 0.3 is 0 Å². The molecule has 0 aliphatic carbocycles. The summed E-state index contributed by atoms with van der Waals surface area (Å²) in [5.41, 5.74) is 4.31. The molecule has 0 unspecified atom stereocenters. The van der Waals surface area contributed by atoms with Gasteiger partial charge in [-0.1, -0.05) is 109 Å². The Morgan fingerprint density at radius 1 is 0.419 bits per heavy atom. The molecule has 43 heavy (non-hydrogen) atoms. The van der Waals surface area contributed by atoms with Crippen molar-refractivity contribution in [1.82, 2.24) is 19.9 Å². The van der Waals surface area contributed by atoms with Gasteiger partial charge in [-0.2, -0.15) is 0 Å². The molecule has 0 atom stereocenters. The molecule has 5 nitrogen and oxygen atoms in total. The number of hydrogen-bond donors (Lipinski definition) is 0. The molecule has 6 aromatic carbocycles. The molecule has 9 aromatic rings. The third-order valence-corrected chi connectivity index (χ3v) is 8.21. The van der Waals surface area contributed by atoms with Crippen molar-refractivity contribution in [3.8, 4) is 34.2 Å². The summed E-state index contributed by atoms with van der Waals surface area (Å²) in [4.78, 5) is 19.6. The van der Waals surface area contributed by atoms with Crippen molar-refractivity contribution in [3.63, 3.8) is 0 Å². The number of hydrogen-bond acceptors (Lipinski definition) is 5.